The molecule has 0 N–H and O–H groups in total. The monoisotopic (exact) mass is 121 g/mol. The van der Waals surface area contributed by atoms with Crippen LogP contribution in [0.5, 0.6) is 0 Å². The molecule has 0 amide bonds. The highest BCUT2D eigenvalue weighted by Gasteiger charge is 1.84. The Morgan fingerprint density at radius 3 is 3.22 bits per heavy atom. The Balaban J connectivity index is 2.64. The van der Waals surface area contributed by atoms with E-state index in [-0.39, 0.29) is 0 Å². The molecule has 1 heteroatoms. The Morgan fingerprint density at radius 2 is 2.33 bits per heavy atom. The minimum atomic E-state index is 1.12. The first kappa shape index (κ1) is 6.27. The van der Waals surface area contributed by atoms with Gasteiger partial charge in [-0.3, -0.25) is 4.99 Å². The number of rotatable bonds is 0. The summed E-state index contributed by atoms with van der Waals surface area (Å²) >= 11 is 0. The lowest BCUT2D eigenvalue weighted by atomic mass is 10.2. The van der Waals surface area contributed by atoms with Crippen molar-refractivity contribution in [1.29, 1.82) is 0 Å². The minimum absolute atomic E-state index is 1.12. The van der Waals surface area contributed by atoms with Gasteiger partial charge in [-0.05, 0) is 25.8 Å². The van der Waals surface area contributed by atoms with E-state index in [0.29, 0.717) is 0 Å². The smallest absolute Gasteiger partial charge is 0.0332 e. The summed E-state index contributed by atoms with van der Waals surface area (Å²) in [5, 5.41) is 0. The van der Waals surface area contributed by atoms with Crippen LogP contribution < -0.4 is 0 Å². The first-order valence-corrected chi connectivity index (χ1v) is 3.25. The normalized spacial score (nSPS) is 22.1. The molecule has 0 saturated heterocycles. The summed E-state index contributed by atoms with van der Waals surface area (Å²) in [5.74, 6) is 0. The van der Waals surface area contributed by atoms with Crippen LogP contribution in [0.4, 0.5) is 0 Å². The Morgan fingerprint density at radius 1 is 1.44 bits per heavy atom. The Bertz CT molecular complexity index is 163. The molecule has 0 fully saturated rings. The van der Waals surface area contributed by atoms with Gasteiger partial charge in [0.2, 0.25) is 0 Å². The van der Waals surface area contributed by atoms with E-state index in [1.807, 2.05) is 19.2 Å². The molecule has 48 valence electrons. The van der Waals surface area contributed by atoms with Crippen LogP contribution in [0.25, 0.3) is 0 Å². The third kappa shape index (κ3) is 2.27. The lowest BCUT2D eigenvalue weighted by Gasteiger charge is -1.93. The van der Waals surface area contributed by atoms with Gasteiger partial charge < -0.3 is 0 Å². The molecule has 0 saturated carbocycles. The van der Waals surface area contributed by atoms with Crippen molar-refractivity contribution in [2.24, 2.45) is 4.99 Å². The van der Waals surface area contributed by atoms with Gasteiger partial charge in [-0.2, -0.15) is 0 Å². The molecule has 0 aromatic carbocycles. The van der Waals surface area contributed by atoms with Crippen molar-refractivity contribution in [1.82, 2.24) is 0 Å². The molecule has 1 nitrogen and oxygen atoms in total. The predicted molar refractivity (Wildman–Crippen MR) is 40.6 cm³/mol. The Kier molecular flexibility index (Phi) is 2.25. The molecule has 1 rings (SSSR count). The quantitative estimate of drug-likeness (QED) is 0.466. The Labute approximate surface area is 55.8 Å². The zero-order chi connectivity index (χ0) is 6.53. The van der Waals surface area contributed by atoms with Gasteiger partial charge >= 0.3 is 0 Å². The second kappa shape index (κ2) is 3.23. The van der Waals surface area contributed by atoms with E-state index in [1.54, 1.807) is 0 Å². The predicted octanol–water partition coefficient (Wildman–Crippen LogP) is 2.31. The van der Waals surface area contributed by atoms with Crippen molar-refractivity contribution >= 4 is 6.21 Å². The highest BCUT2D eigenvalue weighted by molar-refractivity contribution is 5.72. The van der Waals surface area contributed by atoms with Crippen molar-refractivity contribution < 1.29 is 0 Å². The maximum Gasteiger partial charge on any atom is 0.0332 e. The number of aliphatic imine (C=N–C) groups is 1. The van der Waals surface area contributed by atoms with E-state index in [9.17, 15) is 0 Å². The maximum absolute atomic E-state index is 4.13. The topological polar surface area (TPSA) is 12.4 Å². The van der Waals surface area contributed by atoms with Crippen LogP contribution in [0.15, 0.2) is 28.9 Å². The average molecular weight is 121 g/mol. The molecule has 1 aliphatic heterocycles. The van der Waals surface area contributed by atoms with Crippen LogP contribution in [-0.4, -0.2) is 6.21 Å². The molecular weight excluding hydrogens is 110 g/mol. The standard InChI is InChI=1S/C8H11N/c1-8-6-4-2-3-5-7-9-8/h3,5-7H,2,4H2,1H3/b5-3-,8-6?,9-7?. The number of allylic oxidation sites excluding steroid dienone is 4. The first-order valence-electron chi connectivity index (χ1n) is 3.25. The average Bonchev–Trinajstić information content (AvgIpc) is 1.79. The summed E-state index contributed by atoms with van der Waals surface area (Å²) in [4.78, 5) is 4.13. The van der Waals surface area contributed by atoms with Crippen molar-refractivity contribution in [3.8, 4) is 0 Å². The molecule has 0 aromatic heterocycles. The van der Waals surface area contributed by atoms with Gasteiger partial charge in [0.25, 0.3) is 0 Å². The fourth-order valence-corrected chi connectivity index (χ4v) is 0.759. The summed E-state index contributed by atoms with van der Waals surface area (Å²) in [6.45, 7) is 2.02. The van der Waals surface area contributed by atoms with Crippen LogP contribution in [0.1, 0.15) is 19.8 Å². The lowest BCUT2D eigenvalue weighted by Crippen LogP contribution is -1.76. The fraction of sp³-hybridized carbons (Fsp3) is 0.375. The van der Waals surface area contributed by atoms with Gasteiger partial charge in [-0.25, -0.2) is 0 Å². The van der Waals surface area contributed by atoms with Crippen molar-refractivity contribution in [3.05, 3.63) is 23.9 Å². The number of nitrogens with zero attached hydrogens (tertiary/aromatic N) is 1. The molecule has 0 radical (unpaired) electrons. The molecule has 9 heavy (non-hydrogen) atoms. The van der Waals surface area contributed by atoms with Gasteiger partial charge in [0.15, 0.2) is 0 Å². The molecule has 1 aliphatic rings. The molecule has 0 spiro atoms. The summed E-state index contributed by atoms with van der Waals surface area (Å²) in [7, 11) is 0. The SMILES string of the molecule is CC1=CCC/C=C\C=N1. The van der Waals surface area contributed by atoms with Crippen LogP contribution in [0, 0.1) is 0 Å². The lowest BCUT2D eigenvalue weighted by molar-refractivity contribution is 1.03. The number of hydrogen-bond acceptors (Lipinski definition) is 1. The third-order valence-electron chi connectivity index (χ3n) is 1.27. The molecule has 0 bridgehead atoms. The van der Waals surface area contributed by atoms with Crippen molar-refractivity contribution in [3.63, 3.8) is 0 Å². The molecule has 0 unspecified atom stereocenters. The van der Waals surface area contributed by atoms with Crippen LogP contribution >= 0.6 is 0 Å². The zero-order valence-corrected chi connectivity index (χ0v) is 5.67. The summed E-state index contributed by atoms with van der Waals surface area (Å²) in [6.07, 6.45) is 10.4. The second-order valence-corrected chi connectivity index (χ2v) is 2.13. The maximum atomic E-state index is 4.13. The van der Waals surface area contributed by atoms with Crippen LogP contribution in [0.3, 0.4) is 0 Å². The Hall–Kier alpha value is -0.850. The highest BCUT2D eigenvalue weighted by atomic mass is 14.7. The molecule has 0 aromatic rings. The van der Waals surface area contributed by atoms with E-state index >= 15 is 0 Å². The van der Waals surface area contributed by atoms with E-state index in [1.165, 1.54) is 0 Å². The zero-order valence-electron chi connectivity index (χ0n) is 5.67. The third-order valence-corrected chi connectivity index (χ3v) is 1.27. The second-order valence-electron chi connectivity index (χ2n) is 2.13. The number of hydrogen-bond donors (Lipinski definition) is 0. The molecule has 1 heterocycles. The summed E-state index contributed by atoms with van der Waals surface area (Å²) in [6, 6.07) is 0. The molecule has 0 atom stereocenters. The van der Waals surface area contributed by atoms with Gasteiger partial charge in [0.05, 0.1) is 0 Å². The van der Waals surface area contributed by atoms with E-state index < -0.39 is 0 Å². The largest absolute Gasteiger partial charge is 0.262 e. The highest BCUT2D eigenvalue weighted by Crippen LogP contribution is 2.02. The van der Waals surface area contributed by atoms with Gasteiger partial charge in [-0.1, -0.05) is 12.2 Å². The van der Waals surface area contributed by atoms with Crippen molar-refractivity contribution in [2.45, 2.75) is 19.8 Å². The minimum Gasteiger partial charge on any atom is -0.262 e. The van der Waals surface area contributed by atoms with Crippen molar-refractivity contribution in [2.75, 3.05) is 0 Å². The van der Waals surface area contributed by atoms with E-state index in [0.717, 1.165) is 18.5 Å². The van der Waals surface area contributed by atoms with Crippen LogP contribution in [-0.2, 0) is 0 Å². The van der Waals surface area contributed by atoms with E-state index in [2.05, 4.69) is 17.1 Å². The summed E-state index contributed by atoms with van der Waals surface area (Å²) < 4.78 is 0. The summed E-state index contributed by atoms with van der Waals surface area (Å²) in [5.41, 5.74) is 1.12. The molecule has 0 aliphatic carbocycles. The van der Waals surface area contributed by atoms with E-state index in [4.69, 9.17) is 0 Å². The molecular formula is C8H11N. The van der Waals surface area contributed by atoms with Gasteiger partial charge in [0.1, 0.15) is 0 Å². The van der Waals surface area contributed by atoms with Crippen LogP contribution in [0.2, 0.25) is 0 Å². The first-order chi connectivity index (χ1) is 4.39. The van der Waals surface area contributed by atoms with Gasteiger partial charge in [-0.15, -0.1) is 0 Å². The van der Waals surface area contributed by atoms with Gasteiger partial charge in [0, 0.05) is 11.9 Å². The fourth-order valence-electron chi connectivity index (χ4n) is 0.759.